The summed E-state index contributed by atoms with van der Waals surface area (Å²) in [6, 6.07) is 14.3. The van der Waals surface area contributed by atoms with E-state index in [0.717, 1.165) is 37.4 Å². The van der Waals surface area contributed by atoms with Crippen molar-refractivity contribution in [1.82, 2.24) is 14.7 Å². The number of carbonyl (C=O) groups excluding carboxylic acids is 1. The number of benzene rings is 1. The normalized spacial score (nSPS) is 19.6. The Bertz CT molecular complexity index is 1190. The number of nitrogens with zero attached hydrogens (tertiary/aromatic N) is 3. The SMILES string of the molecule is CC(C#N)c1cccc(C(=O)N[C@H]2CC[C@@H](Nc3cccc4nc(C(F)(F)F)cn34)CC2)c1. The number of imidazole rings is 1. The van der Waals surface area contributed by atoms with Crippen LogP contribution in [0.3, 0.4) is 0 Å². The molecule has 3 aromatic rings. The summed E-state index contributed by atoms with van der Waals surface area (Å²) in [7, 11) is 0. The number of nitriles is 1. The second kappa shape index (κ2) is 9.14. The summed E-state index contributed by atoms with van der Waals surface area (Å²) in [5.41, 5.74) is 0.653. The molecule has 6 nitrogen and oxygen atoms in total. The van der Waals surface area contributed by atoms with Crippen molar-refractivity contribution in [2.45, 2.75) is 56.8 Å². The second-order valence-electron chi connectivity index (χ2n) is 8.41. The van der Waals surface area contributed by atoms with Crippen LogP contribution in [0.5, 0.6) is 0 Å². The highest BCUT2D eigenvalue weighted by Crippen LogP contribution is 2.30. The number of hydrogen-bond donors (Lipinski definition) is 2. The number of hydrogen-bond acceptors (Lipinski definition) is 4. The third kappa shape index (κ3) is 5.11. The van der Waals surface area contributed by atoms with Gasteiger partial charge in [-0.2, -0.15) is 18.4 Å². The highest BCUT2D eigenvalue weighted by molar-refractivity contribution is 5.94. The average molecular weight is 455 g/mol. The predicted octanol–water partition coefficient (Wildman–Crippen LogP) is 5.13. The maximum Gasteiger partial charge on any atom is 0.434 e. The first-order valence-corrected chi connectivity index (χ1v) is 10.9. The molecule has 9 heteroatoms. The van der Waals surface area contributed by atoms with Crippen LogP contribution in [0, 0.1) is 11.3 Å². The fraction of sp³-hybridized carbons (Fsp3) is 0.375. The minimum Gasteiger partial charge on any atom is -0.368 e. The van der Waals surface area contributed by atoms with Gasteiger partial charge in [-0.05, 0) is 62.4 Å². The standard InChI is InChI=1S/C24H24F3N5O/c1-15(13-28)16-4-2-5-17(12-16)23(33)30-19-10-8-18(9-11-19)29-21-6-3-7-22-31-20(14-32(21)22)24(25,26)27/h2-7,12,14-15,18-19,29H,8-11H2,1H3,(H,30,33)/t15?,18-,19+. The topological polar surface area (TPSA) is 82.2 Å². The molecule has 0 bridgehead atoms. The van der Waals surface area contributed by atoms with Crippen molar-refractivity contribution >= 4 is 17.4 Å². The molecule has 2 heterocycles. The van der Waals surface area contributed by atoms with Crippen LogP contribution in [0.1, 0.15) is 60.1 Å². The fourth-order valence-corrected chi connectivity index (χ4v) is 4.15. The molecule has 0 saturated heterocycles. The van der Waals surface area contributed by atoms with Gasteiger partial charge in [0.1, 0.15) is 11.5 Å². The summed E-state index contributed by atoms with van der Waals surface area (Å²) in [6.07, 6.45) is -0.436. The maximum absolute atomic E-state index is 13.0. The number of rotatable bonds is 5. The quantitative estimate of drug-likeness (QED) is 0.559. The number of amides is 1. The van der Waals surface area contributed by atoms with Crippen molar-refractivity contribution in [2.24, 2.45) is 0 Å². The zero-order chi connectivity index (χ0) is 23.6. The first kappa shape index (κ1) is 22.6. The van der Waals surface area contributed by atoms with E-state index in [1.165, 1.54) is 4.40 Å². The summed E-state index contributed by atoms with van der Waals surface area (Å²) in [6.45, 7) is 1.79. The van der Waals surface area contributed by atoms with E-state index in [4.69, 9.17) is 5.26 Å². The van der Waals surface area contributed by atoms with Crippen LogP contribution in [-0.4, -0.2) is 27.4 Å². The molecule has 33 heavy (non-hydrogen) atoms. The summed E-state index contributed by atoms with van der Waals surface area (Å²) in [5, 5.41) is 15.5. The van der Waals surface area contributed by atoms with Gasteiger partial charge in [0.05, 0.1) is 12.0 Å². The van der Waals surface area contributed by atoms with Crippen molar-refractivity contribution < 1.29 is 18.0 Å². The number of alkyl halides is 3. The van der Waals surface area contributed by atoms with Gasteiger partial charge in [0.15, 0.2) is 5.69 Å². The number of aromatic nitrogens is 2. The molecule has 1 aromatic carbocycles. The predicted molar refractivity (Wildman–Crippen MR) is 118 cm³/mol. The zero-order valence-electron chi connectivity index (χ0n) is 18.1. The minimum absolute atomic E-state index is 0.0217. The van der Waals surface area contributed by atoms with E-state index in [1.54, 1.807) is 43.3 Å². The van der Waals surface area contributed by atoms with Gasteiger partial charge in [-0.15, -0.1) is 0 Å². The molecule has 2 N–H and O–H groups in total. The number of fused-ring (bicyclic) bond motifs is 1. The molecule has 1 saturated carbocycles. The molecule has 1 aliphatic rings. The van der Waals surface area contributed by atoms with Gasteiger partial charge in [-0.25, -0.2) is 4.98 Å². The van der Waals surface area contributed by atoms with E-state index in [0.29, 0.717) is 11.4 Å². The van der Waals surface area contributed by atoms with Crippen LogP contribution in [0.15, 0.2) is 48.7 Å². The molecular formula is C24H24F3N5O. The van der Waals surface area contributed by atoms with Crippen molar-refractivity contribution in [3.05, 3.63) is 65.5 Å². The summed E-state index contributed by atoms with van der Waals surface area (Å²) >= 11 is 0. The van der Waals surface area contributed by atoms with Crippen LogP contribution in [0.4, 0.5) is 19.0 Å². The van der Waals surface area contributed by atoms with Gasteiger partial charge in [-0.1, -0.05) is 18.2 Å². The third-order valence-electron chi connectivity index (χ3n) is 6.04. The zero-order valence-corrected chi connectivity index (χ0v) is 18.1. The summed E-state index contributed by atoms with van der Waals surface area (Å²) in [4.78, 5) is 16.3. The number of nitrogens with one attached hydrogen (secondary N) is 2. The van der Waals surface area contributed by atoms with Gasteiger partial charge in [0.2, 0.25) is 0 Å². The molecule has 1 aliphatic carbocycles. The molecule has 1 fully saturated rings. The fourth-order valence-electron chi connectivity index (χ4n) is 4.15. The lowest BCUT2D eigenvalue weighted by molar-refractivity contribution is -0.140. The molecule has 0 radical (unpaired) electrons. The molecule has 1 atom stereocenters. The van der Waals surface area contributed by atoms with Crippen molar-refractivity contribution in [2.75, 3.05) is 5.32 Å². The Morgan fingerprint density at radius 3 is 2.55 bits per heavy atom. The third-order valence-corrected chi connectivity index (χ3v) is 6.04. The molecule has 0 spiro atoms. The number of anilines is 1. The number of carbonyl (C=O) groups is 1. The lowest BCUT2D eigenvalue weighted by atomic mass is 9.91. The van der Waals surface area contributed by atoms with Gasteiger partial charge in [-0.3, -0.25) is 9.20 Å². The number of pyridine rings is 1. The monoisotopic (exact) mass is 455 g/mol. The van der Waals surface area contributed by atoms with Crippen LogP contribution >= 0.6 is 0 Å². The van der Waals surface area contributed by atoms with Crippen LogP contribution < -0.4 is 10.6 Å². The lowest BCUT2D eigenvalue weighted by Crippen LogP contribution is -2.40. The van der Waals surface area contributed by atoms with Crippen LogP contribution in [0.2, 0.25) is 0 Å². The number of halogens is 3. The minimum atomic E-state index is -4.49. The smallest absolute Gasteiger partial charge is 0.368 e. The molecule has 4 rings (SSSR count). The Morgan fingerprint density at radius 2 is 1.85 bits per heavy atom. The van der Waals surface area contributed by atoms with Gasteiger partial charge >= 0.3 is 6.18 Å². The van der Waals surface area contributed by atoms with Gasteiger partial charge < -0.3 is 10.6 Å². The van der Waals surface area contributed by atoms with Gasteiger partial charge in [0, 0.05) is 23.8 Å². The highest BCUT2D eigenvalue weighted by atomic mass is 19.4. The Hall–Kier alpha value is -3.54. The first-order chi connectivity index (χ1) is 15.7. The first-order valence-electron chi connectivity index (χ1n) is 10.9. The Labute approximate surface area is 189 Å². The van der Waals surface area contributed by atoms with E-state index in [-0.39, 0.29) is 29.6 Å². The lowest BCUT2D eigenvalue weighted by Gasteiger charge is -2.30. The summed E-state index contributed by atoms with van der Waals surface area (Å²) in [5.74, 6) is 0.110. The van der Waals surface area contributed by atoms with E-state index < -0.39 is 11.9 Å². The van der Waals surface area contributed by atoms with E-state index >= 15 is 0 Å². The largest absolute Gasteiger partial charge is 0.434 e. The van der Waals surface area contributed by atoms with Crippen molar-refractivity contribution in [3.8, 4) is 6.07 Å². The maximum atomic E-state index is 13.0. The Balaban J connectivity index is 1.36. The summed E-state index contributed by atoms with van der Waals surface area (Å²) < 4.78 is 40.5. The Kier molecular flexibility index (Phi) is 6.27. The highest BCUT2D eigenvalue weighted by Gasteiger charge is 2.34. The molecule has 1 amide bonds. The van der Waals surface area contributed by atoms with Crippen molar-refractivity contribution in [1.29, 1.82) is 5.26 Å². The second-order valence-corrected chi connectivity index (χ2v) is 8.41. The van der Waals surface area contributed by atoms with Crippen LogP contribution in [0.25, 0.3) is 5.65 Å². The molecule has 172 valence electrons. The Morgan fingerprint density at radius 1 is 1.15 bits per heavy atom. The van der Waals surface area contributed by atoms with Gasteiger partial charge in [0.25, 0.3) is 5.91 Å². The van der Waals surface area contributed by atoms with E-state index in [1.807, 2.05) is 6.07 Å². The molecule has 2 aromatic heterocycles. The molecule has 0 aliphatic heterocycles. The average Bonchev–Trinajstić information content (AvgIpc) is 3.26. The molecule has 1 unspecified atom stereocenters. The van der Waals surface area contributed by atoms with Crippen LogP contribution in [-0.2, 0) is 6.18 Å². The van der Waals surface area contributed by atoms with E-state index in [2.05, 4.69) is 21.7 Å². The van der Waals surface area contributed by atoms with Crippen molar-refractivity contribution in [3.63, 3.8) is 0 Å². The van der Waals surface area contributed by atoms with E-state index in [9.17, 15) is 18.0 Å². The molecular weight excluding hydrogens is 431 g/mol.